The maximum atomic E-state index is 5.72. The Morgan fingerprint density at radius 2 is 1.22 bits per heavy atom. The van der Waals surface area contributed by atoms with Crippen molar-refractivity contribution in [3.05, 3.63) is 64.2 Å². The largest absolute Gasteiger partial charge is 0.491 e. The molecule has 0 saturated carbocycles. The van der Waals surface area contributed by atoms with Gasteiger partial charge in [-0.05, 0) is 46.9 Å². The number of fused-ring (bicyclic) bond motifs is 2. The zero-order valence-electron chi connectivity index (χ0n) is 21.8. The lowest BCUT2D eigenvalue weighted by atomic mass is 9.91. The standard InChI is InChI=1S/C13H18O.C12H16O2.2C2H6/c1-10(2)12-6-3-5-11-9-14-8-4-7-13(11)12;1-9(2)11-5-3-4-10-8-13-6-7-14-12(10)11;2*1-2/h3,5-6,10H,4,7-9H2,1-2H3;3-5,9H,6-8H2,1-2H3;2*1-2H3. The van der Waals surface area contributed by atoms with E-state index in [1.165, 1.54) is 28.7 Å². The third kappa shape index (κ3) is 8.26. The second-order valence-corrected chi connectivity index (χ2v) is 8.19. The maximum absolute atomic E-state index is 5.72. The molecule has 0 aliphatic carbocycles. The molecular formula is C29H46O3. The molecule has 0 amide bonds. The van der Waals surface area contributed by atoms with E-state index in [4.69, 9.17) is 14.2 Å². The lowest BCUT2D eigenvalue weighted by Gasteiger charge is -2.14. The van der Waals surface area contributed by atoms with E-state index in [1.54, 1.807) is 5.56 Å². The van der Waals surface area contributed by atoms with E-state index in [2.05, 4.69) is 64.1 Å². The molecule has 2 aromatic rings. The fourth-order valence-corrected chi connectivity index (χ4v) is 3.90. The van der Waals surface area contributed by atoms with Crippen molar-refractivity contribution in [3.8, 4) is 5.75 Å². The molecule has 0 fully saturated rings. The van der Waals surface area contributed by atoms with E-state index >= 15 is 0 Å². The monoisotopic (exact) mass is 442 g/mol. The van der Waals surface area contributed by atoms with Crippen LogP contribution in [-0.2, 0) is 29.1 Å². The molecule has 2 aliphatic heterocycles. The van der Waals surface area contributed by atoms with Crippen molar-refractivity contribution in [2.24, 2.45) is 0 Å². The van der Waals surface area contributed by atoms with Crippen LogP contribution in [-0.4, -0.2) is 19.8 Å². The summed E-state index contributed by atoms with van der Waals surface area (Å²) in [6.07, 6.45) is 2.35. The number of hydrogen-bond acceptors (Lipinski definition) is 3. The second kappa shape index (κ2) is 15.9. The van der Waals surface area contributed by atoms with Crippen molar-refractivity contribution in [3.63, 3.8) is 0 Å². The molecule has 2 aromatic carbocycles. The lowest BCUT2D eigenvalue weighted by molar-refractivity contribution is 0.106. The Kier molecular flexibility index (Phi) is 14.0. The Morgan fingerprint density at radius 3 is 1.88 bits per heavy atom. The number of benzene rings is 2. The highest BCUT2D eigenvalue weighted by atomic mass is 16.5. The summed E-state index contributed by atoms with van der Waals surface area (Å²) in [5.41, 5.74) is 6.91. The zero-order valence-corrected chi connectivity index (χ0v) is 21.8. The van der Waals surface area contributed by atoms with Gasteiger partial charge in [-0.1, -0.05) is 91.8 Å². The van der Waals surface area contributed by atoms with Gasteiger partial charge in [0.05, 0.1) is 19.8 Å². The Balaban J connectivity index is 0.000000277. The van der Waals surface area contributed by atoms with Gasteiger partial charge in [-0.2, -0.15) is 0 Å². The summed E-state index contributed by atoms with van der Waals surface area (Å²) in [5.74, 6) is 2.17. The average Bonchev–Trinajstić information content (AvgIpc) is 3.22. The van der Waals surface area contributed by atoms with Gasteiger partial charge in [0.15, 0.2) is 0 Å². The van der Waals surface area contributed by atoms with Crippen LogP contribution in [0.4, 0.5) is 0 Å². The van der Waals surface area contributed by atoms with Crippen molar-refractivity contribution in [2.75, 3.05) is 19.8 Å². The molecule has 3 nitrogen and oxygen atoms in total. The van der Waals surface area contributed by atoms with Crippen LogP contribution in [0.1, 0.15) is 101 Å². The Labute approximate surface area is 197 Å². The van der Waals surface area contributed by atoms with Gasteiger partial charge in [-0.15, -0.1) is 0 Å². The van der Waals surface area contributed by atoms with Gasteiger partial charge in [0.25, 0.3) is 0 Å². The molecule has 32 heavy (non-hydrogen) atoms. The van der Waals surface area contributed by atoms with Crippen LogP contribution in [0.3, 0.4) is 0 Å². The third-order valence-electron chi connectivity index (χ3n) is 5.38. The molecule has 0 unspecified atom stereocenters. The van der Waals surface area contributed by atoms with E-state index < -0.39 is 0 Å². The first-order valence-electron chi connectivity index (χ1n) is 12.6. The van der Waals surface area contributed by atoms with Crippen LogP contribution < -0.4 is 4.74 Å². The van der Waals surface area contributed by atoms with Crippen LogP contribution in [0.25, 0.3) is 0 Å². The number of hydrogen-bond donors (Lipinski definition) is 0. The van der Waals surface area contributed by atoms with Crippen LogP contribution in [0.2, 0.25) is 0 Å². The topological polar surface area (TPSA) is 27.7 Å². The molecule has 3 heteroatoms. The smallest absolute Gasteiger partial charge is 0.128 e. The van der Waals surface area contributed by atoms with Crippen LogP contribution in [0, 0.1) is 0 Å². The summed E-state index contributed by atoms with van der Waals surface area (Å²) in [4.78, 5) is 0. The summed E-state index contributed by atoms with van der Waals surface area (Å²) in [5, 5.41) is 0. The van der Waals surface area contributed by atoms with Crippen molar-refractivity contribution in [1.82, 2.24) is 0 Å². The van der Waals surface area contributed by atoms with E-state index in [0.29, 0.717) is 31.7 Å². The molecule has 4 rings (SSSR count). The quantitative estimate of drug-likeness (QED) is 0.471. The lowest BCUT2D eigenvalue weighted by Crippen LogP contribution is -2.03. The second-order valence-electron chi connectivity index (χ2n) is 8.19. The predicted octanol–water partition coefficient (Wildman–Crippen LogP) is 8.04. The van der Waals surface area contributed by atoms with Gasteiger partial charge >= 0.3 is 0 Å². The summed E-state index contributed by atoms with van der Waals surface area (Å²) < 4.78 is 16.7. The van der Waals surface area contributed by atoms with E-state index in [0.717, 1.165) is 25.4 Å². The SMILES string of the molecule is CC.CC.CC(C)c1cccc2c1CCCOC2.CC(C)c1cccc2c1OCCOC2. The molecule has 0 saturated heterocycles. The highest BCUT2D eigenvalue weighted by Crippen LogP contribution is 2.31. The minimum atomic E-state index is 0.503. The first-order chi connectivity index (χ1) is 15.6. The molecule has 0 radical (unpaired) electrons. The highest BCUT2D eigenvalue weighted by molar-refractivity contribution is 5.43. The maximum Gasteiger partial charge on any atom is 0.128 e. The van der Waals surface area contributed by atoms with Gasteiger partial charge in [-0.25, -0.2) is 0 Å². The molecular weight excluding hydrogens is 396 g/mol. The molecule has 0 atom stereocenters. The molecule has 0 N–H and O–H groups in total. The highest BCUT2D eigenvalue weighted by Gasteiger charge is 2.15. The molecule has 2 heterocycles. The normalized spacial score (nSPS) is 14.6. The van der Waals surface area contributed by atoms with Gasteiger partial charge < -0.3 is 14.2 Å². The van der Waals surface area contributed by atoms with E-state index in [1.807, 2.05) is 27.7 Å². The fraction of sp³-hybridized carbons (Fsp3) is 0.586. The Hall–Kier alpha value is -1.84. The minimum absolute atomic E-state index is 0.503. The zero-order chi connectivity index (χ0) is 23.9. The minimum Gasteiger partial charge on any atom is -0.491 e. The van der Waals surface area contributed by atoms with E-state index in [-0.39, 0.29) is 0 Å². The van der Waals surface area contributed by atoms with Crippen molar-refractivity contribution >= 4 is 0 Å². The molecule has 180 valence electrons. The molecule has 0 spiro atoms. The molecule has 0 aromatic heterocycles. The summed E-state index contributed by atoms with van der Waals surface area (Å²) in [6, 6.07) is 12.9. The first-order valence-corrected chi connectivity index (χ1v) is 12.6. The van der Waals surface area contributed by atoms with Crippen molar-refractivity contribution < 1.29 is 14.2 Å². The predicted molar refractivity (Wildman–Crippen MR) is 137 cm³/mol. The third-order valence-corrected chi connectivity index (χ3v) is 5.38. The van der Waals surface area contributed by atoms with Gasteiger partial charge in [-0.3, -0.25) is 0 Å². The van der Waals surface area contributed by atoms with E-state index in [9.17, 15) is 0 Å². The Bertz CT molecular complexity index is 699. The Morgan fingerprint density at radius 1 is 0.656 bits per heavy atom. The van der Waals surface area contributed by atoms with Gasteiger partial charge in [0.2, 0.25) is 0 Å². The molecule has 2 aliphatic rings. The van der Waals surface area contributed by atoms with Crippen molar-refractivity contribution in [2.45, 2.75) is 93.3 Å². The number of rotatable bonds is 2. The number of para-hydroxylation sites is 1. The fourth-order valence-electron chi connectivity index (χ4n) is 3.90. The van der Waals surface area contributed by atoms with Crippen LogP contribution in [0.15, 0.2) is 36.4 Å². The summed E-state index contributed by atoms with van der Waals surface area (Å²) in [7, 11) is 0. The van der Waals surface area contributed by atoms with Crippen LogP contribution in [0.5, 0.6) is 5.75 Å². The van der Waals surface area contributed by atoms with Crippen molar-refractivity contribution in [1.29, 1.82) is 0 Å². The van der Waals surface area contributed by atoms with Crippen LogP contribution >= 0.6 is 0 Å². The van der Waals surface area contributed by atoms with Gasteiger partial charge in [0.1, 0.15) is 12.4 Å². The molecule has 0 bridgehead atoms. The summed E-state index contributed by atoms with van der Waals surface area (Å²) >= 11 is 0. The first kappa shape index (κ1) is 28.2. The number of ether oxygens (including phenoxy) is 3. The average molecular weight is 443 g/mol. The summed E-state index contributed by atoms with van der Waals surface area (Å²) in [6.45, 7) is 20.6. The van der Waals surface area contributed by atoms with Gasteiger partial charge in [0, 0.05) is 12.2 Å².